The Balaban J connectivity index is 2.26. The summed E-state index contributed by atoms with van der Waals surface area (Å²) in [6, 6.07) is 0.0213. The van der Waals surface area contributed by atoms with E-state index in [1.165, 1.54) is 12.8 Å². The molecule has 1 aliphatic rings. The largest absolute Gasteiger partial charge is 0.395 e. The highest BCUT2D eigenvalue weighted by Crippen LogP contribution is 2.45. The summed E-state index contributed by atoms with van der Waals surface area (Å²) in [6.07, 6.45) is 2.35. The second kappa shape index (κ2) is 2.51. The summed E-state index contributed by atoms with van der Waals surface area (Å²) in [4.78, 5) is 0. The zero-order chi connectivity index (χ0) is 7.78. The summed E-state index contributed by atoms with van der Waals surface area (Å²) >= 11 is 0. The molecule has 2 heteroatoms. The van der Waals surface area contributed by atoms with Gasteiger partial charge in [0.25, 0.3) is 0 Å². The fourth-order valence-corrected chi connectivity index (χ4v) is 1.81. The van der Waals surface area contributed by atoms with E-state index < -0.39 is 0 Å². The first kappa shape index (κ1) is 8.02. The Morgan fingerprint density at radius 2 is 2.10 bits per heavy atom. The summed E-state index contributed by atoms with van der Waals surface area (Å²) in [5.74, 6) is 0.569. The van der Waals surface area contributed by atoms with Crippen molar-refractivity contribution in [1.29, 1.82) is 0 Å². The number of hydrogen-bond donors (Lipinski definition) is 2. The zero-order valence-electron chi connectivity index (χ0n) is 6.80. The minimum Gasteiger partial charge on any atom is -0.395 e. The van der Waals surface area contributed by atoms with Crippen LogP contribution < -0.4 is 5.73 Å². The molecule has 0 aliphatic heterocycles. The van der Waals surface area contributed by atoms with E-state index in [1.807, 2.05) is 0 Å². The first-order valence-corrected chi connectivity index (χ1v) is 3.91. The van der Waals surface area contributed by atoms with Crippen molar-refractivity contribution >= 4 is 0 Å². The molecule has 0 bridgehead atoms. The average molecular weight is 143 g/mol. The number of hydrogen-bond acceptors (Lipinski definition) is 2. The molecule has 10 heavy (non-hydrogen) atoms. The Hall–Kier alpha value is -0.0800. The summed E-state index contributed by atoms with van der Waals surface area (Å²) < 4.78 is 0. The van der Waals surface area contributed by atoms with Crippen LogP contribution in [-0.2, 0) is 0 Å². The number of aliphatic hydroxyl groups excluding tert-OH is 1. The van der Waals surface area contributed by atoms with Crippen LogP contribution in [0.2, 0.25) is 0 Å². The molecule has 0 heterocycles. The van der Waals surface area contributed by atoms with Crippen LogP contribution in [0.4, 0.5) is 0 Å². The van der Waals surface area contributed by atoms with Gasteiger partial charge in [0, 0.05) is 6.04 Å². The molecule has 1 rings (SSSR count). The van der Waals surface area contributed by atoms with Gasteiger partial charge < -0.3 is 10.8 Å². The van der Waals surface area contributed by atoms with E-state index in [4.69, 9.17) is 10.8 Å². The highest BCUT2D eigenvalue weighted by Gasteiger charge is 2.38. The fourth-order valence-electron chi connectivity index (χ4n) is 1.81. The van der Waals surface area contributed by atoms with E-state index in [1.54, 1.807) is 0 Å². The van der Waals surface area contributed by atoms with Crippen LogP contribution in [0, 0.1) is 11.3 Å². The summed E-state index contributed by atoms with van der Waals surface area (Å²) in [7, 11) is 0. The van der Waals surface area contributed by atoms with E-state index in [0.717, 1.165) is 0 Å². The lowest BCUT2D eigenvalue weighted by atomic mass is 9.62. The van der Waals surface area contributed by atoms with Crippen LogP contribution in [0.5, 0.6) is 0 Å². The van der Waals surface area contributed by atoms with Crippen LogP contribution in [-0.4, -0.2) is 17.8 Å². The SMILES string of the molecule is CC1(C)CC(C(N)CO)C1. The maximum atomic E-state index is 8.72. The monoisotopic (exact) mass is 143 g/mol. The molecule has 0 aromatic heterocycles. The van der Waals surface area contributed by atoms with Crippen molar-refractivity contribution in [2.75, 3.05) is 6.61 Å². The van der Waals surface area contributed by atoms with Crippen molar-refractivity contribution in [1.82, 2.24) is 0 Å². The Bertz CT molecular complexity index is 114. The van der Waals surface area contributed by atoms with E-state index in [2.05, 4.69) is 13.8 Å². The molecule has 0 aromatic rings. The molecule has 0 aromatic carbocycles. The van der Waals surface area contributed by atoms with Gasteiger partial charge in [-0.05, 0) is 24.2 Å². The van der Waals surface area contributed by atoms with Gasteiger partial charge in [-0.1, -0.05) is 13.8 Å². The molecule has 1 fully saturated rings. The molecule has 1 atom stereocenters. The van der Waals surface area contributed by atoms with Crippen LogP contribution in [0.3, 0.4) is 0 Å². The molecule has 2 nitrogen and oxygen atoms in total. The van der Waals surface area contributed by atoms with E-state index >= 15 is 0 Å². The average Bonchev–Trinajstić information content (AvgIpc) is 1.81. The molecule has 1 saturated carbocycles. The maximum absolute atomic E-state index is 8.72. The van der Waals surface area contributed by atoms with Crippen molar-refractivity contribution in [3.63, 3.8) is 0 Å². The minimum atomic E-state index is 0.0213. The second-order valence-corrected chi connectivity index (χ2v) is 4.18. The van der Waals surface area contributed by atoms with Gasteiger partial charge in [-0.2, -0.15) is 0 Å². The molecule has 0 saturated heterocycles. The Morgan fingerprint density at radius 1 is 1.60 bits per heavy atom. The van der Waals surface area contributed by atoms with Gasteiger partial charge in [0.15, 0.2) is 0 Å². The van der Waals surface area contributed by atoms with Crippen LogP contribution >= 0.6 is 0 Å². The molecule has 3 N–H and O–H groups in total. The van der Waals surface area contributed by atoms with Gasteiger partial charge in [-0.25, -0.2) is 0 Å². The normalized spacial score (nSPS) is 27.6. The lowest BCUT2D eigenvalue weighted by Crippen LogP contribution is -2.45. The van der Waals surface area contributed by atoms with Gasteiger partial charge >= 0.3 is 0 Å². The zero-order valence-corrected chi connectivity index (χ0v) is 6.80. The smallest absolute Gasteiger partial charge is 0.0585 e. The second-order valence-electron chi connectivity index (χ2n) is 4.18. The third kappa shape index (κ3) is 1.50. The van der Waals surface area contributed by atoms with Gasteiger partial charge in [-0.15, -0.1) is 0 Å². The molecular weight excluding hydrogens is 126 g/mol. The Labute approximate surface area is 62.4 Å². The van der Waals surface area contributed by atoms with Gasteiger partial charge in [-0.3, -0.25) is 0 Å². The van der Waals surface area contributed by atoms with Crippen LogP contribution in [0.15, 0.2) is 0 Å². The predicted octanol–water partition coefficient (Wildman–Crippen LogP) is 0.742. The molecule has 0 amide bonds. The van der Waals surface area contributed by atoms with Crippen molar-refractivity contribution in [2.45, 2.75) is 32.7 Å². The third-order valence-corrected chi connectivity index (χ3v) is 2.45. The highest BCUT2D eigenvalue weighted by atomic mass is 16.3. The molecule has 0 radical (unpaired) electrons. The topological polar surface area (TPSA) is 46.2 Å². The van der Waals surface area contributed by atoms with Gasteiger partial charge in [0.1, 0.15) is 0 Å². The lowest BCUT2D eigenvalue weighted by Gasteiger charge is -2.45. The number of aliphatic hydroxyl groups is 1. The van der Waals surface area contributed by atoms with Crippen LogP contribution in [0.1, 0.15) is 26.7 Å². The Kier molecular flexibility index (Phi) is 2.02. The van der Waals surface area contributed by atoms with Crippen molar-refractivity contribution < 1.29 is 5.11 Å². The lowest BCUT2D eigenvalue weighted by molar-refractivity contribution is 0.0566. The standard InChI is InChI=1S/C8H17NO/c1-8(2)3-6(4-8)7(9)5-10/h6-7,10H,3-5,9H2,1-2H3. The predicted molar refractivity (Wildman–Crippen MR) is 41.6 cm³/mol. The summed E-state index contributed by atoms with van der Waals surface area (Å²) in [6.45, 7) is 4.63. The molecular formula is C8H17NO. The van der Waals surface area contributed by atoms with E-state index in [-0.39, 0.29) is 12.6 Å². The molecule has 1 aliphatic carbocycles. The van der Waals surface area contributed by atoms with Crippen molar-refractivity contribution in [3.05, 3.63) is 0 Å². The van der Waals surface area contributed by atoms with E-state index in [0.29, 0.717) is 11.3 Å². The van der Waals surface area contributed by atoms with Gasteiger partial charge in [0.2, 0.25) is 0 Å². The van der Waals surface area contributed by atoms with Crippen molar-refractivity contribution in [2.24, 2.45) is 17.1 Å². The summed E-state index contributed by atoms with van der Waals surface area (Å²) in [5.41, 5.74) is 6.13. The van der Waals surface area contributed by atoms with Gasteiger partial charge in [0.05, 0.1) is 6.61 Å². The third-order valence-electron chi connectivity index (χ3n) is 2.45. The van der Waals surface area contributed by atoms with E-state index in [9.17, 15) is 0 Å². The molecule has 0 spiro atoms. The quantitative estimate of drug-likeness (QED) is 0.599. The first-order chi connectivity index (χ1) is 4.55. The summed E-state index contributed by atoms with van der Waals surface area (Å²) in [5, 5.41) is 8.72. The maximum Gasteiger partial charge on any atom is 0.0585 e. The number of rotatable bonds is 2. The van der Waals surface area contributed by atoms with Crippen molar-refractivity contribution in [3.8, 4) is 0 Å². The minimum absolute atomic E-state index is 0.0213. The molecule has 1 unspecified atom stereocenters. The highest BCUT2D eigenvalue weighted by molar-refractivity contribution is 4.91. The Morgan fingerprint density at radius 3 is 2.40 bits per heavy atom. The fraction of sp³-hybridized carbons (Fsp3) is 1.00. The molecule has 60 valence electrons. The van der Waals surface area contributed by atoms with Crippen LogP contribution in [0.25, 0.3) is 0 Å². The first-order valence-electron chi connectivity index (χ1n) is 3.91. The number of nitrogens with two attached hydrogens (primary N) is 1.